The Balaban J connectivity index is 2.09. The summed E-state index contributed by atoms with van der Waals surface area (Å²) in [6, 6.07) is 0. The van der Waals surface area contributed by atoms with E-state index >= 15 is 0 Å². The molecule has 2 heteroatoms. The van der Waals surface area contributed by atoms with Crippen molar-refractivity contribution in [2.75, 3.05) is 7.11 Å². The van der Waals surface area contributed by atoms with Crippen LogP contribution < -0.4 is 0 Å². The van der Waals surface area contributed by atoms with Crippen LogP contribution in [0.2, 0.25) is 0 Å². The van der Waals surface area contributed by atoms with Gasteiger partial charge in [-0.1, -0.05) is 33.6 Å². The molecule has 2 saturated carbocycles. The molecule has 0 spiro atoms. The van der Waals surface area contributed by atoms with Gasteiger partial charge >= 0.3 is 0 Å². The van der Waals surface area contributed by atoms with Crippen LogP contribution in [-0.2, 0) is 4.74 Å². The Morgan fingerprint density at radius 2 is 1.68 bits per heavy atom. The zero-order valence-electron chi connectivity index (χ0n) is 13.2. The summed E-state index contributed by atoms with van der Waals surface area (Å²) in [4.78, 5) is 0. The molecular formula is C17H32O2. The quantitative estimate of drug-likeness (QED) is 0.838. The highest BCUT2D eigenvalue weighted by Crippen LogP contribution is 2.44. The monoisotopic (exact) mass is 268 g/mol. The van der Waals surface area contributed by atoms with Crippen LogP contribution in [0.1, 0.15) is 65.7 Å². The third-order valence-corrected chi connectivity index (χ3v) is 5.60. The van der Waals surface area contributed by atoms with Gasteiger partial charge in [0.1, 0.15) is 0 Å². The van der Waals surface area contributed by atoms with E-state index < -0.39 is 0 Å². The zero-order valence-corrected chi connectivity index (χ0v) is 13.2. The minimum absolute atomic E-state index is 0.265. The average Bonchev–Trinajstić information content (AvgIpc) is 2.36. The van der Waals surface area contributed by atoms with Gasteiger partial charge in [0.25, 0.3) is 0 Å². The van der Waals surface area contributed by atoms with Gasteiger partial charge in [0, 0.05) is 7.11 Å². The van der Waals surface area contributed by atoms with Crippen LogP contribution in [0.4, 0.5) is 0 Å². The fraction of sp³-hybridized carbons (Fsp3) is 1.00. The second-order valence-corrected chi connectivity index (χ2v) is 7.59. The van der Waals surface area contributed by atoms with Crippen LogP contribution in [-0.4, -0.2) is 23.9 Å². The van der Waals surface area contributed by atoms with Crippen molar-refractivity contribution in [2.24, 2.45) is 23.7 Å². The SMILES string of the molecule is COC1(C(O)C2CC(C)CC(C)C2)CCCC(C)C1. The third-order valence-electron chi connectivity index (χ3n) is 5.60. The lowest BCUT2D eigenvalue weighted by Crippen LogP contribution is -2.52. The third kappa shape index (κ3) is 3.33. The molecule has 1 N–H and O–H groups in total. The summed E-state index contributed by atoms with van der Waals surface area (Å²) >= 11 is 0. The second-order valence-electron chi connectivity index (χ2n) is 7.59. The molecule has 112 valence electrons. The average molecular weight is 268 g/mol. The normalized spacial score (nSPS) is 45.9. The van der Waals surface area contributed by atoms with E-state index in [9.17, 15) is 5.11 Å². The molecule has 0 bridgehead atoms. The van der Waals surface area contributed by atoms with Gasteiger partial charge in [0.05, 0.1) is 11.7 Å². The predicted octanol–water partition coefficient (Wildman–Crippen LogP) is 4.01. The Kier molecular flexibility index (Phi) is 4.94. The molecule has 0 aliphatic heterocycles. The number of ether oxygens (including phenoxy) is 1. The molecule has 5 unspecified atom stereocenters. The molecule has 2 nitrogen and oxygen atoms in total. The molecule has 0 aromatic rings. The molecule has 0 aromatic heterocycles. The van der Waals surface area contributed by atoms with Gasteiger partial charge in [-0.05, 0) is 55.8 Å². The van der Waals surface area contributed by atoms with E-state index in [0.717, 1.165) is 24.7 Å². The Labute approximate surface area is 118 Å². The van der Waals surface area contributed by atoms with Crippen molar-refractivity contribution >= 4 is 0 Å². The maximum atomic E-state index is 11.0. The largest absolute Gasteiger partial charge is 0.390 e. The van der Waals surface area contributed by atoms with Gasteiger partial charge in [-0.15, -0.1) is 0 Å². The summed E-state index contributed by atoms with van der Waals surface area (Å²) < 4.78 is 5.88. The molecule has 2 fully saturated rings. The first-order chi connectivity index (χ1) is 8.97. The molecule has 2 rings (SSSR count). The number of aliphatic hydroxyl groups excluding tert-OH is 1. The Hall–Kier alpha value is -0.0800. The fourth-order valence-corrected chi connectivity index (χ4v) is 4.82. The summed E-state index contributed by atoms with van der Waals surface area (Å²) in [5.41, 5.74) is -0.265. The van der Waals surface area contributed by atoms with Gasteiger partial charge in [-0.25, -0.2) is 0 Å². The minimum Gasteiger partial charge on any atom is -0.390 e. The smallest absolute Gasteiger partial charge is 0.0941 e. The Bertz CT molecular complexity index is 281. The van der Waals surface area contributed by atoms with Crippen molar-refractivity contribution in [1.29, 1.82) is 0 Å². The van der Waals surface area contributed by atoms with Gasteiger partial charge in [0.2, 0.25) is 0 Å². The number of methoxy groups -OCH3 is 1. The van der Waals surface area contributed by atoms with Crippen LogP contribution in [0.3, 0.4) is 0 Å². The number of aliphatic hydroxyl groups is 1. The highest BCUT2D eigenvalue weighted by atomic mass is 16.5. The second kappa shape index (κ2) is 6.13. The van der Waals surface area contributed by atoms with Crippen LogP contribution >= 0.6 is 0 Å². The Morgan fingerprint density at radius 3 is 2.21 bits per heavy atom. The molecule has 2 aliphatic carbocycles. The molecule has 0 radical (unpaired) electrons. The van der Waals surface area contributed by atoms with E-state index in [1.165, 1.54) is 32.1 Å². The van der Waals surface area contributed by atoms with E-state index in [0.29, 0.717) is 11.8 Å². The molecule has 2 aliphatic rings. The van der Waals surface area contributed by atoms with Gasteiger partial charge in [0.15, 0.2) is 0 Å². The lowest BCUT2D eigenvalue weighted by atomic mass is 9.66. The molecular weight excluding hydrogens is 236 g/mol. The first-order valence-electron chi connectivity index (χ1n) is 8.20. The maximum Gasteiger partial charge on any atom is 0.0941 e. The van der Waals surface area contributed by atoms with Crippen molar-refractivity contribution in [1.82, 2.24) is 0 Å². The van der Waals surface area contributed by atoms with Crippen molar-refractivity contribution in [3.63, 3.8) is 0 Å². The minimum atomic E-state index is -0.273. The summed E-state index contributed by atoms with van der Waals surface area (Å²) in [6.07, 6.45) is 7.94. The molecule has 0 saturated heterocycles. The van der Waals surface area contributed by atoms with Gasteiger partial charge < -0.3 is 9.84 Å². The first kappa shape index (κ1) is 15.3. The highest BCUT2D eigenvalue weighted by Gasteiger charge is 2.46. The van der Waals surface area contributed by atoms with E-state index in [1.54, 1.807) is 7.11 Å². The molecule has 0 aromatic carbocycles. The van der Waals surface area contributed by atoms with Gasteiger partial charge in [-0.2, -0.15) is 0 Å². The van der Waals surface area contributed by atoms with E-state index in [2.05, 4.69) is 20.8 Å². The maximum absolute atomic E-state index is 11.0. The highest BCUT2D eigenvalue weighted by molar-refractivity contribution is 4.97. The van der Waals surface area contributed by atoms with Crippen molar-refractivity contribution in [3.05, 3.63) is 0 Å². The lowest BCUT2D eigenvalue weighted by Gasteiger charge is -2.47. The number of hydrogen-bond donors (Lipinski definition) is 1. The van der Waals surface area contributed by atoms with E-state index in [-0.39, 0.29) is 11.7 Å². The van der Waals surface area contributed by atoms with E-state index in [4.69, 9.17) is 4.74 Å². The summed E-state index contributed by atoms with van der Waals surface area (Å²) in [5.74, 6) is 2.61. The number of hydrogen-bond acceptors (Lipinski definition) is 2. The number of rotatable bonds is 3. The molecule has 0 heterocycles. The van der Waals surface area contributed by atoms with E-state index in [1.807, 2.05) is 0 Å². The zero-order chi connectivity index (χ0) is 14.0. The van der Waals surface area contributed by atoms with Crippen LogP contribution in [0.15, 0.2) is 0 Å². The standard InChI is InChI=1S/C17H32O2/c1-12-6-5-7-17(11-12,19-4)16(18)15-9-13(2)8-14(3)10-15/h12-16,18H,5-11H2,1-4H3. The summed E-state index contributed by atoms with van der Waals surface area (Å²) in [7, 11) is 1.80. The molecule has 5 atom stereocenters. The summed E-state index contributed by atoms with van der Waals surface area (Å²) in [6.45, 7) is 6.96. The molecule has 19 heavy (non-hydrogen) atoms. The summed E-state index contributed by atoms with van der Waals surface area (Å²) in [5, 5.41) is 11.0. The first-order valence-corrected chi connectivity index (χ1v) is 8.20. The lowest BCUT2D eigenvalue weighted by molar-refractivity contribution is -0.157. The predicted molar refractivity (Wildman–Crippen MR) is 79.0 cm³/mol. The Morgan fingerprint density at radius 1 is 1.05 bits per heavy atom. The van der Waals surface area contributed by atoms with Crippen molar-refractivity contribution < 1.29 is 9.84 Å². The molecule has 0 amide bonds. The topological polar surface area (TPSA) is 29.5 Å². The van der Waals surface area contributed by atoms with Crippen molar-refractivity contribution in [3.8, 4) is 0 Å². The van der Waals surface area contributed by atoms with Crippen LogP contribution in [0.25, 0.3) is 0 Å². The van der Waals surface area contributed by atoms with Gasteiger partial charge in [-0.3, -0.25) is 0 Å². The fourth-order valence-electron chi connectivity index (χ4n) is 4.82. The van der Waals surface area contributed by atoms with Crippen LogP contribution in [0, 0.1) is 23.7 Å². The van der Waals surface area contributed by atoms with Crippen molar-refractivity contribution in [2.45, 2.75) is 77.4 Å². The van der Waals surface area contributed by atoms with Crippen LogP contribution in [0.5, 0.6) is 0 Å².